The Morgan fingerprint density at radius 1 is 1.47 bits per heavy atom. The highest BCUT2D eigenvalue weighted by atomic mass is 19.1. The van der Waals surface area contributed by atoms with Gasteiger partial charge >= 0.3 is 5.97 Å². The Kier molecular flexibility index (Phi) is 4.03. The molecular weight excluding hydrogens is 229 g/mol. The number of amides is 1. The Morgan fingerprint density at radius 2 is 2.12 bits per heavy atom. The van der Waals surface area contributed by atoms with Crippen LogP contribution in [0, 0.1) is 5.82 Å². The van der Waals surface area contributed by atoms with Gasteiger partial charge in [-0.25, -0.2) is 4.39 Å². The molecule has 0 heterocycles. The first-order valence-electron chi connectivity index (χ1n) is 4.91. The SMILES string of the molecule is CC(CC(=O)O)NC(=O)c1cc(F)ccc1O. The summed E-state index contributed by atoms with van der Waals surface area (Å²) < 4.78 is 12.9. The zero-order valence-electron chi connectivity index (χ0n) is 9.11. The largest absolute Gasteiger partial charge is 0.507 e. The number of rotatable bonds is 4. The van der Waals surface area contributed by atoms with E-state index in [0.717, 1.165) is 18.2 Å². The van der Waals surface area contributed by atoms with E-state index in [2.05, 4.69) is 5.32 Å². The van der Waals surface area contributed by atoms with Gasteiger partial charge in [-0.3, -0.25) is 9.59 Å². The predicted molar refractivity (Wildman–Crippen MR) is 57.2 cm³/mol. The highest BCUT2D eigenvalue weighted by Gasteiger charge is 2.16. The maximum Gasteiger partial charge on any atom is 0.305 e. The van der Waals surface area contributed by atoms with Gasteiger partial charge in [0.2, 0.25) is 0 Å². The fourth-order valence-electron chi connectivity index (χ4n) is 1.30. The maximum atomic E-state index is 12.9. The molecule has 1 aromatic carbocycles. The van der Waals surface area contributed by atoms with Gasteiger partial charge in [0.05, 0.1) is 12.0 Å². The molecule has 5 nitrogen and oxygen atoms in total. The molecule has 1 aromatic rings. The lowest BCUT2D eigenvalue weighted by Gasteiger charge is -2.12. The first-order chi connectivity index (χ1) is 7.90. The molecule has 0 spiro atoms. The van der Waals surface area contributed by atoms with Crippen LogP contribution < -0.4 is 5.32 Å². The van der Waals surface area contributed by atoms with Crippen molar-refractivity contribution in [2.24, 2.45) is 0 Å². The summed E-state index contributed by atoms with van der Waals surface area (Å²) in [6.45, 7) is 1.50. The van der Waals surface area contributed by atoms with Gasteiger partial charge < -0.3 is 15.5 Å². The molecule has 1 amide bonds. The summed E-state index contributed by atoms with van der Waals surface area (Å²) in [5.41, 5.74) is -0.220. The van der Waals surface area contributed by atoms with Gasteiger partial charge in [-0.1, -0.05) is 0 Å². The normalized spacial score (nSPS) is 11.9. The van der Waals surface area contributed by atoms with Crippen LogP contribution in [0.5, 0.6) is 5.75 Å². The fraction of sp³-hybridized carbons (Fsp3) is 0.273. The number of phenols is 1. The van der Waals surface area contributed by atoms with Crippen LogP contribution in [-0.4, -0.2) is 28.1 Å². The van der Waals surface area contributed by atoms with Gasteiger partial charge in [0, 0.05) is 6.04 Å². The van der Waals surface area contributed by atoms with Crippen molar-refractivity contribution in [3.63, 3.8) is 0 Å². The molecule has 0 fully saturated rings. The maximum absolute atomic E-state index is 12.9. The molecule has 0 bridgehead atoms. The minimum Gasteiger partial charge on any atom is -0.507 e. The highest BCUT2D eigenvalue weighted by Crippen LogP contribution is 2.17. The number of nitrogens with one attached hydrogen (secondary N) is 1. The highest BCUT2D eigenvalue weighted by molar-refractivity contribution is 5.97. The van der Waals surface area contributed by atoms with E-state index in [9.17, 15) is 19.1 Å². The number of carbonyl (C=O) groups is 2. The van der Waals surface area contributed by atoms with Crippen molar-refractivity contribution in [1.82, 2.24) is 5.32 Å². The Hall–Kier alpha value is -2.11. The standard InChI is InChI=1S/C11H12FNO4/c1-6(4-10(15)16)13-11(17)8-5-7(12)2-3-9(8)14/h2-3,5-6,14H,4H2,1H3,(H,13,17)(H,15,16). The number of hydrogen-bond donors (Lipinski definition) is 3. The fourth-order valence-corrected chi connectivity index (χ4v) is 1.30. The minimum absolute atomic E-state index is 0.220. The van der Waals surface area contributed by atoms with Crippen LogP contribution in [0.4, 0.5) is 4.39 Å². The van der Waals surface area contributed by atoms with E-state index < -0.39 is 23.7 Å². The monoisotopic (exact) mass is 241 g/mol. The third kappa shape index (κ3) is 3.75. The second kappa shape index (κ2) is 5.29. The number of hydrogen-bond acceptors (Lipinski definition) is 3. The zero-order chi connectivity index (χ0) is 13.0. The van der Waals surface area contributed by atoms with Gasteiger partial charge in [-0.15, -0.1) is 0 Å². The lowest BCUT2D eigenvalue weighted by atomic mass is 10.1. The molecule has 0 aliphatic carbocycles. The predicted octanol–water partition coefficient (Wildman–Crippen LogP) is 1.12. The van der Waals surface area contributed by atoms with Crippen LogP contribution >= 0.6 is 0 Å². The summed E-state index contributed by atoms with van der Waals surface area (Å²) in [6, 6.07) is 2.36. The average Bonchev–Trinajstić information content (AvgIpc) is 2.20. The smallest absolute Gasteiger partial charge is 0.305 e. The number of aromatic hydroxyl groups is 1. The molecule has 17 heavy (non-hydrogen) atoms. The van der Waals surface area contributed by atoms with Crippen LogP contribution in [0.15, 0.2) is 18.2 Å². The lowest BCUT2D eigenvalue weighted by molar-refractivity contribution is -0.137. The van der Waals surface area contributed by atoms with Gasteiger partial charge in [0.15, 0.2) is 0 Å². The summed E-state index contributed by atoms with van der Waals surface area (Å²) >= 11 is 0. The third-order valence-electron chi connectivity index (χ3n) is 2.06. The Morgan fingerprint density at radius 3 is 2.71 bits per heavy atom. The van der Waals surface area contributed by atoms with E-state index in [1.165, 1.54) is 6.92 Å². The molecule has 0 saturated heterocycles. The summed E-state index contributed by atoms with van der Waals surface area (Å²) in [6.07, 6.45) is -0.248. The number of aliphatic carboxylic acids is 1. The summed E-state index contributed by atoms with van der Waals surface area (Å²) in [5.74, 6) is -2.78. The van der Waals surface area contributed by atoms with E-state index in [4.69, 9.17) is 5.11 Å². The van der Waals surface area contributed by atoms with E-state index in [1.807, 2.05) is 0 Å². The summed E-state index contributed by atoms with van der Waals surface area (Å²) in [7, 11) is 0. The first-order valence-corrected chi connectivity index (χ1v) is 4.91. The Balaban J connectivity index is 2.76. The van der Waals surface area contributed by atoms with Crippen LogP contribution in [-0.2, 0) is 4.79 Å². The van der Waals surface area contributed by atoms with E-state index >= 15 is 0 Å². The summed E-state index contributed by atoms with van der Waals surface area (Å²) in [4.78, 5) is 22.0. The molecule has 0 aliphatic rings. The van der Waals surface area contributed by atoms with Gasteiger partial charge in [0.1, 0.15) is 11.6 Å². The van der Waals surface area contributed by atoms with Crippen molar-refractivity contribution in [2.45, 2.75) is 19.4 Å². The summed E-state index contributed by atoms with van der Waals surface area (Å²) in [5, 5.41) is 20.2. The van der Waals surface area contributed by atoms with E-state index in [0.29, 0.717) is 0 Å². The molecular formula is C11H12FNO4. The number of carboxylic acids is 1. The van der Waals surface area contributed by atoms with Gasteiger partial charge in [-0.05, 0) is 25.1 Å². The lowest BCUT2D eigenvalue weighted by Crippen LogP contribution is -2.34. The second-order valence-electron chi connectivity index (χ2n) is 3.63. The van der Waals surface area contributed by atoms with Crippen molar-refractivity contribution >= 4 is 11.9 Å². The van der Waals surface area contributed by atoms with E-state index in [1.54, 1.807) is 0 Å². The number of phenolic OH excluding ortho intramolecular Hbond substituents is 1. The zero-order valence-corrected chi connectivity index (χ0v) is 9.11. The van der Waals surface area contributed by atoms with Crippen LogP contribution in [0.25, 0.3) is 0 Å². The van der Waals surface area contributed by atoms with Crippen molar-refractivity contribution < 1.29 is 24.2 Å². The average molecular weight is 241 g/mol. The minimum atomic E-state index is -1.05. The number of carboxylic acid groups (broad SMARTS) is 1. The van der Waals surface area contributed by atoms with Crippen LogP contribution in [0.1, 0.15) is 23.7 Å². The van der Waals surface area contributed by atoms with E-state index in [-0.39, 0.29) is 17.7 Å². The van der Waals surface area contributed by atoms with Gasteiger partial charge in [0.25, 0.3) is 5.91 Å². The first kappa shape index (κ1) is 13.0. The second-order valence-corrected chi connectivity index (χ2v) is 3.63. The molecule has 0 aromatic heterocycles. The molecule has 3 N–H and O–H groups in total. The van der Waals surface area contributed by atoms with Gasteiger partial charge in [-0.2, -0.15) is 0 Å². The molecule has 92 valence electrons. The molecule has 0 aliphatic heterocycles. The Labute approximate surface area is 96.9 Å². The molecule has 6 heteroatoms. The van der Waals surface area contributed by atoms with Crippen LogP contribution in [0.2, 0.25) is 0 Å². The third-order valence-corrected chi connectivity index (χ3v) is 2.06. The number of halogens is 1. The van der Waals surface area contributed by atoms with Crippen molar-refractivity contribution in [1.29, 1.82) is 0 Å². The van der Waals surface area contributed by atoms with Crippen molar-refractivity contribution in [2.75, 3.05) is 0 Å². The topological polar surface area (TPSA) is 86.6 Å². The molecule has 1 unspecified atom stereocenters. The van der Waals surface area contributed by atoms with Crippen molar-refractivity contribution in [3.05, 3.63) is 29.6 Å². The van der Waals surface area contributed by atoms with Crippen molar-refractivity contribution in [3.8, 4) is 5.75 Å². The number of carbonyl (C=O) groups excluding carboxylic acids is 1. The molecule has 0 saturated carbocycles. The molecule has 1 atom stereocenters. The molecule has 1 rings (SSSR count). The Bertz CT molecular complexity index is 447. The number of benzene rings is 1. The van der Waals surface area contributed by atoms with Crippen LogP contribution in [0.3, 0.4) is 0 Å². The quantitative estimate of drug-likeness (QED) is 0.737. The molecule has 0 radical (unpaired) electrons.